The molecule has 0 rings (SSSR count). The quantitative estimate of drug-likeness (QED) is 0.455. The second-order valence-electron chi connectivity index (χ2n) is 2.70. The second kappa shape index (κ2) is 5.74. The lowest BCUT2D eigenvalue weighted by molar-refractivity contribution is -0.139. The van der Waals surface area contributed by atoms with Crippen molar-refractivity contribution in [1.82, 2.24) is 4.90 Å². The molecule has 0 heterocycles. The van der Waals surface area contributed by atoms with E-state index in [4.69, 9.17) is 9.84 Å². The minimum Gasteiger partial charge on any atom is -0.461 e. The smallest absolute Gasteiger partial charge is 0.335 e. The number of carbonyl (C=O) groups is 1. The molecule has 4 nitrogen and oxygen atoms in total. The number of hydrogen-bond acceptors (Lipinski definition) is 4. The van der Waals surface area contributed by atoms with E-state index in [0.717, 1.165) is 0 Å². The molecule has 0 aromatic rings. The third-order valence-electron chi connectivity index (χ3n) is 1.25. The zero-order valence-corrected chi connectivity index (χ0v) is 7.54. The Hall–Kier alpha value is -0.870. The predicted molar refractivity (Wildman–Crippen MR) is 45.7 cm³/mol. The van der Waals surface area contributed by atoms with Crippen LogP contribution in [0.5, 0.6) is 0 Å². The van der Waals surface area contributed by atoms with E-state index >= 15 is 0 Å². The predicted octanol–water partition coefficient (Wildman–Crippen LogP) is -0.360. The van der Waals surface area contributed by atoms with E-state index in [1.54, 1.807) is 0 Å². The van der Waals surface area contributed by atoms with E-state index in [1.807, 2.05) is 19.0 Å². The molecule has 0 atom stereocenters. The van der Waals surface area contributed by atoms with Crippen LogP contribution in [-0.4, -0.2) is 49.8 Å². The fraction of sp³-hybridized carbons (Fsp3) is 0.625. The van der Waals surface area contributed by atoms with Crippen molar-refractivity contribution in [3.05, 3.63) is 12.2 Å². The first-order valence-electron chi connectivity index (χ1n) is 3.68. The van der Waals surface area contributed by atoms with E-state index in [0.29, 0.717) is 13.2 Å². The van der Waals surface area contributed by atoms with Gasteiger partial charge in [0.25, 0.3) is 0 Å². The molecule has 0 spiro atoms. The van der Waals surface area contributed by atoms with E-state index in [-0.39, 0.29) is 12.2 Å². The maximum absolute atomic E-state index is 10.9. The number of ether oxygens (including phenoxy) is 1. The van der Waals surface area contributed by atoms with Crippen LogP contribution in [0.25, 0.3) is 0 Å². The van der Waals surface area contributed by atoms with Gasteiger partial charge in [-0.05, 0) is 14.1 Å². The summed E-state index contributed by atoms with van der Waals surface area (Å²) in [5, 5.41) is 8.50. The van der Waals surface area contributed by atoms with Gasteiger partial charge in [0.2, 0.25) is 0 Å². The molecule has 0 aliphatic carbocycles. The summed E-state index contributed by atoms with van der Waals surface area (Å²) in [6, 6.07) is 0. The minimum absolute atomic E-state index is 0.0914. The zero-order chi connectivity index (χ0) is 9.56. The number of hydrogen-bond donors (Lipinski definition) is 1. The lowest BCUT2D eigenvalue weighted by Gasteiger charge is -2.09. The van der Waals surface area contributed by atoms with E-state index in [1.165, 1.54) is 0 Å². The summed E-state index contributed by atoms with van der Waals surface area (Å²) in [5.74, 6) is -0.528. The Morgan fingerprint density at radius 3 is 2.58 bits per heavy atom. The molecule has 70 valence electrons. The number of nitrogens with zero attached hydrogens (tertiary/aromatic N) is 1. The molecule has 0 aliphatic heterocycles. The normalized spacial score (nSPS) is 10.0. The summed E-state index contributed by atoms with van der Waals surface area (Å²) in [6.45, 7) is 3.98. The molecule has 0 radical (unpaired) electrons. The molecule has 0 fully saturated rings. The van der Waals surface area contributed by atoms with E-state index in [9.17, 15) is 4.79 Å². The van der Waals surface area contributed by atoms with Crippen LogP contribution in [0.1, 0.15) is 0 Å². The van der Waals surface area contributed by atoms with Crippen LogP contribution in [-0.2, 0) is 9.53 Å². The zero-order valence-electron chi connectivity index (χ0n) is 7.54. The highest BCUT2D eigenvalue weighted by Crippen LogP contribution is 1.92. The van der Waals surface area contributed by atoms with E-state index in [2.05, 4.69) is 6.58 Å². The second-order valence-corrected chi connectivity index (χ2v) is 2.70. The maximum atomic E-state index is 10.9. The molecule has 0 unspecified atom stereocenters. The molecule has 0 aromatic carbocycles. The van der Waals surface area contributed by atoms with Crippen LogP contribution in [0.3, 0.4) is 0 Å². The fourth-order valence-corrected chi connectivity index (χ4v) is 0.488. The third kappa shape index (κ3) is 4.87. The van der Waals surface area contributed by atoms with E-state index < -0.39 is 5.97 Å². The Morgan fingerprint density at radius 1 is 1.58 bits per heavy atom. The molecule has 0 aliphatic rings. The van der Waals surface area contributed by atoms with Crippen LogP contribution < -0.4 is 0 Å². The molecule has 0 saturated carbocycles. The monoisotopic (exact) mass is 173 g/mol. The summed E-state index contributed by atoms with van der Waals surface area (Å²) in [4.78, 5) is 12.8. The first kappa shape index (κ1) is 11.1. The molecule has 12 heavy (non-hydrogen) atoms. The standard InChI is InChI=1S/C8H15NO3/c1-7(6-10)8(11)12-5-4-9(2)3/h10H,1,4-6H2,2-3H3. The van der Waals surface area contributed by atoms with Gasteiger partial charge in [0, 0.05) is 6.54 Å². The van der Waals surface area contributed by atoms with Crippen molar-refractivity contribution in [2.75, 3.05) is 33.9 Å². The molecule has 1 N–H and O–H groups in total. The van der Waals surface area contributed by atoms with Crippen LogP contribution in [0.2, 0.25) is 0 Å². The van der Waals surface area contributed by atoms with Gasteiger partial charge in [0.05, 0.1) is 12.2 Å². The van der Waals surface area contributed by atoms with Crippen molar-refractivity contribution in [3.8, 4) is 0 Å². The highest BCUT2D eigenvalue weighted by atomic mass is 16.5. The van der Waals surface area contributed by atoms with Crippen molar-refractivity contribution in [2.45, 2.75) is 0 Å². The van der Waals surface area contributed by atoms with Crippen molar-refractivity contribution in [3.63, 3.8) is 0 Å². The van der Waals surface area contributed by atoms with Crippen LogP contribution in [0.4, 0.5) is 0 Å². The third-order valence-corrected chi connectivity index (χ3v) is 1.25. The van der Waals surface area contributed by atoms with Gasteiger partial charge in [0.1, 0.15) is 6.61 Å². The molecule has 0 amide bonds. The van der Waals surface area contributed by atoms with Gasteiger partial charge in [-0.3, -0.25) is 0 Å². The lowest BCUT2D eigenvalue weighted by Crippen LogP contribution is -2.21. The average molecular weight is 173 g/mol. The summed E-state index contributed by atoms with van der Waals surface area (Å²) in [7, 11) is 3.77. The van der Waals surface area contributed by atoms with Gasteiger partial charge >= 0.3 is 5.97 Å². The molecule has 0 aromatic heterocycles. The van der Waals surface area contributed by atoms with Crippen LogP contribution in [0, 0.1) is 0 Å². The van der Waals surface area contributed by atoms with Gasteiger partial charge in [0.15, 0.2) is 0 Å². The van der Waals surface area contributed by atoms with Gasteiger partial charge < -0.3 is 14.7 Å². The van der Waals surface area contributed by atoms with Crippen molar-refractivity contribution >= 4 is 5.97 Å². The maximum Gasteiger partial charge on any atom is 0.335 e. The Balaban J connectivity index is 3.51. The number of aliphatic hydroxyl groups excluding tert-OH is 1. The first-order valence-corrected chi connectivity index (χ1v) is 3.68. The number of carbonyl (C=O) groups excluding carboxylic acids is 1. The van der Waals surface area contributed by atoms with Gasteiger partial charge in [-0.25, -0.2) is 4.79 Å². The Morgan fingerprint density at radius 2 is 2.17 bits per heavy atom. The highest BCUT2D eigenvalue weighted by Gasteiger charge is 2.05. The van der Waals surface area contributed by atoms with Gasteiger partial charge in [-0.1, -0.05) is 6.58 Å². The highest BCUT2D eigenvalue weighted by molar-refractivity contribution is 5.87. The van der Waals surface area contributed by atoms with Crippen LogP contribution >= 0.6 is 0 Å². The van der Waals surface area contributed by atoms with Crippen molar-refractivity contribution in [2.24, 2.45) is 0 Å². The minimum atomic E-state index is -0.528. The number of rotatable bonds is 5. The summed E-state index contributed by atoms with van der Waals surface area (Å²) in [5.41, 5.74) is 0.0914. The van der Waals surface area contributed by atoms with Gasteiger partial charge in [-0.2, -0.15) is 0 Å². The SMILES string of the molecule is C=C(CO)C(=O)OCCN(C)C. The first-order chi connectivity index (χ1) is 5.57. The average Bonchev–Trinajstić information content (AvgIpc) is 2.02. The van der Waals surface area contributed by atoms with Gasteiger partial charge in [-0.15, -0.1) is 0 Å². The summed E-state index contributed by atoms with van der Waals surface area (Å²) >= 11 is 0. The lowest BCUT2D eigenvalue weighted by atomic mass is 10.3. The molecule has 0 saturated heterocycles. The van der Waals surface area contributed by atoms with Crippen molar-refractivity contribution in [1.29, 1.82) is 0 Å². The Kier molecular flexibility index (Phi) is 5.32. The van der Waals surface area contributed by atoms with Crippen molar-refractivity contribution < 1.29 is 14.6 Å². The number of likely N-dealkylation sites (N-methyl/N-ethyl adjacent to an activating group) is 1. The Labute approximate surface area is 72.4 Å². The topological polar surface area (TPSA) is 49.8 Å². The largest absolute Gasteiger partial charge is 0.461 e. The molecular formula is C8H15NO3. The molecule has 0 bridgehead atoms. The fourth-order valence-electron chi connectivity index (χ4n) is 0.488. The van der Waals surface area contributed by atoms with Crippen LogP contribution in [0.15, 0.2) is 12.2 Å². The molecule has 4 heteroatoms. The Bertz CT molecular complexity index is 166. The number of esters is 1. The summed E-state index contributed by atoms with van der Waals surface area (Å²) in [6.07, 6.45) is 0. The number of aliphatic hydroxyl groups is 1. The molecular weight excluding hydrogens is 158 g/mol. The summed E-state index contributed by atoms with van der Waals surface area (Å²) < 4.78 is 4.77.